The van der Waals surface area contributed by atoms with E-state index in [2.05, 4.69) is 4.98 Å². The maximum atomic E-state index is 13.7. The van der Waals surface area contributed by atoms with Gasteiger partial charge in [-0.1, -0.05) is 0 Å². The Labute approximate surface area is 110 Å². The molecule has 98 valence electrons. The van der Waals surface area contributed by atoms with Crippen molar-refractivity contribution in [3.05, 3.63) is 34.8 Å². The summed E-state index contributed by atoms with van der Waals surface area (Å²) in [6.07, 6.45) is 5.74. The van der Waals surface area contributed by atoms with Gasteiger partial charge in [0, 0.05) is 11.1 Å². The van der Waals surface area contributed by atoms with Crippen LogP contribution in [-0.2, 0) is 12.8 Å². The first-order valence-corrected chi connectivity index (χ1v) is 6.71. The smallest absolute Gasteiger partial charge is 0.250 e. The fraction of sp³-hybridized carbons (Fsp3) is 0.400. The van der Waals surface area contributed by atoms with Crippen molar-refractivity contribution in [1.82, 2.24) is 4.98 Å². The Morgan fingerprint density at radius 3 is 2.79 bits per heavy atom. The van der Waals surface area contributed by atoms with E-state index in [9.17, 15) is 9.18 Å². The van der Waals surface area contributed by atoms with E-state index < -0.39 is 11.7 Å². The van der Waals surface area contributed by atoms with Crippen LogP contribution in [0.1, 0.15) is 40.9 Å². The lowest BCUT2D eigenvalue weighted by Gasteiger charge is -2.21. The number of hydrogen-bond acceptors (Lipinski definition) is 1. The van der Waals surface area contributed by atoms with Crippen molar-refractivity contribution < 1.29 is 9.18 Å². The molecule has 2 aliphatic carbocycles. The Morgan fingerprint density at radius 1 is 1.32 bits per heavy atom. The summed E-state index contributed by atoms with van der Waals surface area (Å²) in [5, 5.41) is 0.842. The average molecular weight is 258 g/mol. The first-order valence-electron chi connectivity index (χ1n) is 6.71. The summed E-state index contributed by atoms with van der Waals surface area (Å²) in [5.41, 5.74) is 9.12. The van der Waals surface area contributed by atoms with Crippen molar-refractivity contribution in [2.45, 2.75) is 32.1 Å². The molecule has 4 rings (SSSR count). The van der Waals surface area contributed by atoms with Gasteiger partial charge in [-0.05, 0) is 55.2 Å². The van der Waals surface area contributed by atoms with Gasteiger partial charge in [0.05, 0.1) is 11.1 Å². The molecule has 1 amide bonds. The summed E-state index contributed by atoms with van der Waals surface area (Å²) >= 11 is 0. The molecule has 0 unspecified atom stereocenters. The number of benzene rings is 1. The largest absolute Gasteiger partial charge is 0.366 e. The Morgan fingerprint density at radius 2 is 2.11 bits per heavy atom. The van der Waals surface area contributed by atoms with Gasteiger partial charge in [-0.25, -0.2) is 4.39 Å². The topological polar surface area (TPSA) is 58.9 Å². The summed E-state index contributed by atoms with van der Waals surface area (Å²) in [7, 11) is 0. The molecule has 1 aromatic heterocycles. The SMILES string of the molecule is NC(=O)c1cc(F)cc2c3c([nH]c12)CCC1(CC1)C3. The lowest BCUT2D eigenvalue weighted by molar-refractivity contribution is 0.100. The van der Waals surface area contributed by atoms with Crippen LogP contribution in [0.4, 0.5) is 4.39 Å². The number of primary amides is 1. The van der Waals surface area contributed by atoms with E-state index >= 15 is 0 Å². The normalized spacial score (nSPS) is 19.6. The molecular weight excluding hydrogens is 243 g/mol. The zero-order valence-electron chi connectivity index (χ0n) is 10.6. The second-order valence-corrected chi connectivity index (χ2v) is 6.00. The minimum absolute atomic E-state index is 0.259. The first kappa shape index (κ1) is 11.0. The van der Waals surface area contributed by atoms with E-state index in [-0.39, 0.29) is 5.56 Å². The quantitative estimate of drug-likeness (QED) is 0.811. The van der Waals surface area contributed by atoms with Gasteiger partial charge in [0.15, 0.2) is 0 Å². The maximum Gasteiger partial charge on any atom is 0.250 e. The van der Waals surface area contributed by atoms with Crippen LogP contribution in [0.5, 0.6) is 0 Å². The number of aromatic amines is 1. The van der Waals surface area contributed by atoms with Gasteiger partial charge in [0.25, 0.3) is 5.91 Å². The second kappa shape index (κ2) is 3.38. The number of carbonyl (C=O) groups excluding carboxylic acids is 1. The number of aryl methyl sites for hydroxylation is 1. The van der Waals surface area contributed by atoms with Crippen molar-refractivity contribution in [2.75, 3.05) is 0 Å². The summed E-state index contributed by atoms with van der Waals surface area (Å²) in [4.78, 5) is 14.7. The molecule has 0 aliphatic heterocycles. The molecule has 3 N–H and O–H groups in total. The molecule has 19 heavy (non-hydrogen) atoms. The zero-order valence-corrected chi connectivity index (χ0v) is 10.6. The van der Waals surface area contributed by atoms with Crippen LogP contribution >= 0.6 is 0 Å². The van der Waals surface area contributed by atoms with E-state index in [0.717, 1.165) is 23.9 Å². The monoisotopic (exact) mass is 258 g/mol. The Bertz CT molecular complexity index is 712. The number of rotatable bonds is 1. The van der Waals surface area contributed by atoms with Gasteiger partial charge >= 0.3 is 0 Å². The minimum Gasteiger partial charge on any atom is -0.366 e. The molecule has 0 bridgehead atoms. The number of nitrogens with one attached hydrogen (secondary N) is 1. The predicted octanol–water partition coefficient (Wildman–Crippen LogP) is 2.67. The molecule has 4 heteroatoms. The van der Waals surface area contributed by atoms with E-state index in [1.54, 1.807) is 0 Å². The number of aromatic nitrogens is 1. The molecule has 1 fully saturated rings. The summed E-state index contributed by atoms with van der Waals surface area (Å²) in [6, 6.07) is 2.75. The molecule has 2 aliphatic rings. The lowest BCUT2D eigenvalue weighted by Crippen LogP contribution is -2.14. The van der Waals surface area contributed by atoms with Crippen molar-refractivity contribution in [3.63, 3.8) is 0 Å². The number of H-pyrrole nitrogens is 1. The van der Waals surface area contributed by atoms with Crippen molar-refractivity contribution >= 4 is 16.8 Å². The van der Waals surface area contributed by atoms with Crippen LogP contribution in [-0.4, -0.2) is 10.9 Å². The van der Waals surface area contributed by atoms with Crippen molar-refractivity contribution in [1.29, 1.82) is 0 Å². The molecule has 0 atom stereocenters. The molecule has 0 saturated heterocycles. The Kier molecular flexibility index (Phi) is 1.96. The molecule has 1 saturated carbocycles. The van der Waals surface area contributed by atoms with E-state index in [0.29, 0.717) is 10.9 Å². The van der Waals surface area contributed by atoms with Gasteiger partial charge in [0.2, 0.25) is 0 Å². The number of carbonyl (C=O) groups is 1. The van der Waals surface area contributed by atoms with Crippen LogP contribution < -0.4 is 5.73 Å². The number of amides is 1. The van der Waals surface area contributed by atoms with E-state index in [4.69, 9.17) is 5.73 Å². The van der Waals surface area contributed by atoms with Crippen LogP contribution in [0.2, 0.25) is 0 Å². The number of nitrogens with two attached hydrogens (primary N) is 1. The lowest BCUT2D eigenvalue weighted by atomic mass is 9.84. The average Bonchev–Trinajstić information content (AvgIpc) is 3.02. The number of hydrogen-bond donors (Lipinski definition) is 2. The molecule has 1 heterocycles. The fourth-order valence-electron chi connectivity index (χ4n) is 3.44. The van der Waals surface area contributed by atoms with Crippen LogP contribution in [0, 0.1) is 11.2 Å². The van der Waals surface area contributed by atoms with E-state index in [1.165, 1.54) is 37.0 Å². The van der Waals surface area contributed by atoms with E-state index in [1.807, 2.05) is 0 Å². The van der Waals surface area contributed by atoms with Gasteiger partial charge in [-0.2, -0.15) is 0 Å². The van der Waals surface area contributed by atoms with Crippen LogP contribution in [0.25, 0.3) is 10.9 Å². The second-order valence-electron chi connectivity index (χ2n) is 6.00. The molecule has 1 aromatic carbocycles. The minimum atomic E-state index is -0.579. The number of halogens is 1. The highest BCUT2D eigenvalue weighted by molar-refractivity contribution is 6.06. The highest BCUT2D eigenvalue weighted by Gasteiger charge is 2.45. The van der Waals surface area contributed by atoms with Gasteiger partial charge in [-0.3, -0.25) is 4.79 Å². The van der Waals surface area contributed by atoms with Gasteiger partial charge < -0.3 is 10.7 Å². The summed E-state index contributed by atoms with van der Waals surface area (Å²) in [5.74, 6) is -0.970. The highest BCUT2D eigenvalue weighted by atomic mass is 19.1. The van der Waals surface area contributed by atoms with Crippen molar-refractivity contribution in [2.24, 2.45) is 11.1 Å². The third-order valence-corrected chi connectivity index (χ3v) is 4.75. The predicted molar refractivity (Wildman–Crippen MR) is 70.5 cm³/mol. The van der Waals surface area contributed by atoms with Crippen LogP contribution in [0.15, 0.2) is 12.1 Å². The number of fused-ring (bicyclic) bond motifs is 3. The third kappa shape index (κ3) is 1.52. The van der Waals surface area contributed by atoms with Gasteiger partial charge in [-0.15, -0.1) is 0 Å². The third-order valence-electron chi connectivity index (χ3n) is 4.75. The highest BCUT2D eigenvalue weighted by Crippen LogP contribution is 2.55. The Hall–Kier alpha value is -1.84. The van der Waals surface area contributed by atoms with Crippen molar-refractivity contribution in [3.8, 4) is 0 Å². The fourth-order valence-corrected chi connectivity index (χ4v) is 3.44. The molecule has 1 spiro atoms. The summed E-state index contributed by atoms with van der Waals surface area (Å²) in [6.45, 7) is 0. The molecule has 2 aromatic rings. The van der Waals surface area contributed by atoms with Gasteiger partial charge in [0.1, 0.15) is 5.82 Å². The van der Waals surface area contributed by atoms with Crippen LogP contribution in [0.3, 0.4) is 0 Å². The Balaban J connectivity index is 1.99. The standard InChI is InChI=1S/C15H15FN2O/c16-8-5-9-11-7-15(3-4-15)2-1-12(11)18-13(9)10(6-8)14(17)19/h5-6,18H,1-4,7H2,(H2,17,19). The summed E-state index contributed by atoms with van der Waals surface area (Å²) < 4.78 is 13.7. The molecular formula is C15H15FN2O. The molecule has 3 nitrogen and oxygen atoms in total. The molecule has 0 radical (unpaired) electrons. The first-order chi connectivity index (χ1) is 9.08. The maximum absolute atomic E-state index is 13.7. The zero-order chi connectivity index (χ0) is 13.2.